The molecule has 0 fully saturated rings. The van der Waals surface area contributed by atoms with Crippen LogP contribution in [0, 0.1) is 0 Å². The van der Waals surface area contributed by atoms with E-state index in [0.29, 0.717) is 12.6 Å². The predicted molar refractivity (Wildman–Crippen MR) is 64.3 cm³/mol. The van der Waals surface area contributed by atoms with Crippen molar-refractivity contribution in [3.63, 3.8) is 0 Å². The van der Waals surface area contributed by atoms with Gasteiger partial charge in [-0.2, -0.15) is 5.10 Å². The van der Waals surface area contributed by atoms with E-state index in [2.05, 4.69) is 34.6 Å². The summed E-state index contributed by atoms with van der Waals surface area (Å²) in [7, 11) is 1.91. The van der Waals surface area contributed by atoms with E-state index in [4.69, 9.17) is 0 Å². The molecule has 0 atom stereocenters. The number of nitrogens with zero attached hydrogens (tertiary/aromatic N) is 5. The summed E-state index contributed by atoms with van der Waals surface area (Å²) in [5, 5.41) is 15.6. The molecule has 92 valence electrons. The molecule has 1 N–H and O–H groups in total. The Morgan fingerprint density at radius 1 is 1.35 bits per heavy atom. The summed E-state index contributed by atoms with van der Waals surface area (Å²) < 4.78 is 3.61. The summed E-state index contributed by atoms with van der Waals surface area (Å²) in [5.41, 5.74) is 2.09. The van der Waals surface area contributed by atoms with Gasteiger partial charge in [-0.25, -0.2) is 4.68 Å². The molecule has 0 radical (unpaired) electrons. The second kappa shape index (κ2) is 5.09. The van der Waals surface area contributed by atoms with E-state index in [1.54, 1.807) is 4.68 Å². The van der Waals surface area contributed by atoms with Crippen LogP contribution in [0.15, 0.2) is 18.6 Å². The van der Waals surface area contributed by atoms with E-state index in [-0.39, 0.29) is 0 Å². The lowest BCUT2D eigenvalue weighted by molar-refractivity contribution is 0.580. The number of hydrogen-bond acceptors (Lipinski definition) is 4. The van der Waals surface area contributed by atoms with Crippen molar-refractivity contribution in [1.29, 1.82) is 0 Å². The van der Waals surface area contributed by atoms with Gasteiger partial charge in [-0.3, -0.25) is 4.68 Å². The van der Waals surface area contributed by atoms with Crippen molar-refractivity contribution < 1.29 is 0 Å². The van der Waals surface area contributed by atoms with E-state index in [0.717, 1.165) is 17.8 Å². The molecule has 0 saturated carbocycles. The van der Waals surface area contributed by atoms with Gasteiger partial charge in [0.05, 0.1) is 24.6 Å². The van der Waals surface area contributed by atoms with Crippen LogP contribution in [0.2, 0.25) is 0 Å². The number of aryl methyl sites for hydroxylation is 1. The van der Waals surface area contributed by atoms with Crippen LogP contribution in [0.4, 0.5) is 0 Å². The zero-order valence-corrected chi connectivity index (χ0v) is 10.5. The minimum atomic E-state index is 0.457. The van der Waals surface area contributed by atoms with Gasteiger partial charge in [0.15, 0.2) is 0 Å². The third-order valence-corrected chi connectivity index (χ3v) is 2.38. The fraction of sp³-hybridized carbons (Fsp3) is 0.545. The van der Waals surface area contributed by atoms with Gasteiger partial charge in [0.25, 0.3) is 0 Å². The minimum absolute atomic E-state index is 0.457. The lowest BCUT2D eigenvalue weighted by atomic mass is 10.3. The normalized spacial score (nSPS) is 11.3. The van der Waals surface area contributed by atoms with E-state index in [1.165, 1.54) is 0 Å². The second-order valence-electron chi connectivity index (χ2n) is 4.47. The summed E-state index contributed by atoms with van der Waals surface area (Å²) in [6.45, 7) is 5.69. The van der Waals surface area contributed by atoms with Crippen molar-refractivity contribution in [2.24, 2.45) is 7.05 Å². The Kier molecular flexibility index (Phi) is 3.53. The number of nitrogens with one attached hydrogen (secondary N) is 1. The Morgan fingerprint density at radius 2 is 2.18 bits per heavy atom. The molecule has 0 aliphatic carbocycles. The average molecular weight is 234 g/mol. The summed E-state index contributed by atoms with van der Waals surface area (Å²) in [6.07, 6.45) is 5.78. The smallest absolute Gasteiger partial charge is 0.0965 e. The highest BCUT2D eigenvalue weighted by molar-refractivity contribution is 5.04. The Bertz CT molecular complexity index is 470. The van der Waals surface area contributed by atoms with Gasteiger partial charge in [-0.15, -0.1) is 5.10 Å². The van der Waals surface area contributed by atoms with Crippen LogP contribution in [0.3, 0.4) is 0 Å². The SMILES string of the molecule is CC(C)NCc1cn(Cc2cnn(C)c2)nn1. The first-order chi connectivity index (χ1) is 8.13. The molecule has 0 aromatic carbocycles. The van der Waals surface area contributed by atoms with Gasteiger partial charge in [0, 0.05) is 31.4 Å². The highest BCUT2D eigenvalue weighted by atomic mass is 15.4. The molecular formula is C11H18N6. The van der Waals surface area contributed by atoms with Crippen molar-refractivity contribution in [2.45, 2.75) is 33.0 Å². The van der Waals surface area contributed by atoms with Crippen LogP contribution in [-0.2, 0) is 20.1 Å². The fourth-order valence-electron chi connectivity index (χ4n) is 1.55. The van der Waals surface area contributed by atoms with Crippen molar-refractivity contribution >= 4 is 0 Å². The number of rotatable bonds is 5. The maximum absolute atomic E-state index is 4.12. The molecule has 6 nitrogen and oxygen atoms in total. The third kappa shape index (κ3) is 3.39. The Hall–Kier alpha value is -1.69. The van der Waals surface area contributed by atoms with Gasteiger partial charge in [0.2, 0.25) is 0 Å². The quantitative estimate of drug-likeness (QED) is 0.821. The molecule has 6 heteroatoms. The van der Waals surface area contributed by atoms with Gasteiger partial charge in [-0.05, 0) is 0 Å². The summed E-state index contributed by atoms with van der Waals surface area (Å²) in [6, 6.07) is 0.457. The molecule has 0 spiro atoms. The Morgan fingerprint density at radius 3 is 2.82 bits per heavy atom. The monoisotopic (exact) mass is 234 g/mol. The standard InChI is InChI=1S/C11H18N6/c1-9(2)12-5-11-8-17(15-14-11)7-10-4-13-16(3)6-10/h4,6,8-9,12H,5,7H2,1-3H3. The maximum atomic E-state index is 4.12. The third-order valence-electron chi connectivity index (χ3n) is 2.38. The van der Waals surface area contributed by atoms with E-state index < -0.39 is 0 Å². The van der Waals surface area contributed by atoms with Gasteiger partial charge < -0.3 is 5.32 Å². The van der Waals surface area contributed by atoms with Crippen LogP contribution >= 0.6 is 0 Å². The van der Waals surface area contributed by atoms with E-state index >= 15 is 0 Å². The van der Waals surface area contributed by atoms with Gasteiger partial charge in [0.1, 0.15) is 0 Å². The Balaban J connectivity index is 1.94. The largest absolute Gasteiger partial charge is 0.309 e. The molecule has 2 aromatic heterocycles. The highest BCUT2D eigenvalue weighted by Gasteiger charge is 2.03. The molecule has 0 saturated heterocycles. The number of aromatic nitrogens is 5. The number of hydrogen-bond donors (Lipinski definition) is 1. The lowest BCUT2D eigenvalue weighted by Gasteiger charge is -2.04. The minimum Gasteiger partial charge on any atom is -0.309 e. The van der Waals surface area contributed by atoms with Crippen molar-refractivity contribution in [1.82, 2.24) is 30.1 Å². The van der Waals surface area contributed by atoms with E-state index in [9.17, 15) is 0 Å². The molecule has 0 aliphatic rings. The van der Waals surface area contributed by atoms with Crippen LogP contribution < -0.4 is 5.32 Å². The summed E-state index contributed by atoms with van der Waals surface area (Å²) in [4.78, 5) is 0. The first kappa shape index (κ1) is 11.8. The topological polar surface area (TPSA) is 60.6 Å². The molecule has 0 unspecified atom stereocenters. The second-order valence-corrected chi connectivity index (χ2v) is 4.47. The van der Waals surface area contributed by atoms with Gasteiger partial charge in [-0.1, -0.05) is 19.1 Å². The molecule has 2 aromatic rings. The predicted octanol–water partition coefficient (Wildman–Crippen LogP) is 0.558. The molecule has 17 heavy (non-hydrogen) atoms. The highest BCUT2D eigenvalue weighted by Crippen LogP contribution is 2.01. The molecule has 0 aliphatic heterocycles. The van der Waals surface area contributed by atoms with E-state index in [1.807, 2.05) is 30.3 Å². The summed E-state index contributed by atoms with van der Waals surface area (Å²) >= 11 is 0. The molecule has 2 heterocycles. The fourth-order valence-corrected chi connectivity index (χ4v) is 1.55. The van der Waals surface area contributed by atoms with Gasteiger partial charge >= 0.3 is 0 Å². The average Bonchev–Trinajstić information content (AvgIpc) is 2.86. The Labute approximate surface area is 101 Å². The van der Waals surface area contributed by atoms with Crippen molar-refractivity contribution in [3.8, 4) is 0 Å². The zero-order chi connectivity index (χ0) is 12.3. The van der Waals surface area contributed by atoms with Crippen molar-refractivity contribution in [2.75, 3.05) is 0 Å². The molecule has 2 rings (SSSR count). The maximum Gasteiger partial charge on any atom is 0.0965 e. The first-order valence-corrected chi connectivity index (χ1v) is 5.73. The first-order valence-electron chi connectivity index (χ1n) is 5.73. The summed E-state index contributed by atoms with van der Waals surface area (Å²) in [5.74, 6) is 0. The van der Waals surface area contributed by atoms with Crippen LogP contribution in [0.1, 0.15) is 25.1 Å². The lowest BCUT2D eigenvalue weighted by Crippen LogP contribution is -2.21. The molecule has 0 amide bonds. The van der Waals surface area contributed by atoms with Crippen molar-refractivity contribution in [3.05, 3.63) is 29.8 Å². The van der Waals surface area contributed by atoms with Crippen LogP contribution in [-0.4, -0.2) is 30.8 Å². The molecule has 0 bridgehead atoms. The van der Waals surface area contributed by atoms with Crippen LogP contribution in [0.5, 0.6) is 0 Å². The zero-order valence-electron chi connectivity index (χ0n) is 10.5. The molecular weight excluding hydrogens is 216 g/mol. The van der Waals surface area contributed by atoms with Crippen LogP contribution in [0.25, 0.3) is 0 Å².